The molecule has 0 bridgehead atoms. The first kappa shape index (κ1) is 14.2. The first-order valence-electron chi connectivity index (χ1n) is 6.18. The molecular weight excluding hydrogens is 311 g/mol. The average molecular weight is 327 g/mol. The summed E-state index contributed by atoms with van der Waals surface area (Å²) in [5, 5.41) is 3.21. The lowest BCUT2D eigenvalue weighted by Crippen LogP contribution is -2.37. The van der Waals surface area contributed by atoms with Crippen LogP contribution in [0.2, 0.25) is 0 Å². The van der Waals surface area contributed by atoms with Gasteiger partial charge in [0, 0.05) is 35.7 Å². The van der Waals surface area contributed by atoms with Gasteiger partial charge < -0.3 is 10.2 Å². The van der Waals surface area contributed by atoms with Crippen LogP contribution >= 0.6 is 15.9 Å². The maximum Gasteiger partial charge on any atom is 0.246 e. The number of hydrogen-bond acceptors (Lipinski definition) is 2. The Bertz CT molecular complexity index is 498. The molecule has 0 aromatic heterocycles. The fourth-order valence-electron chi connectivity index (χ4n) is 2.07. The first-order valence-corrected chi connectivity index (χ1v) is 6.98. The van der Waals surface area contributed by atoms with E-state index in [0.717, 1.165) is 24.0 Å². The third-order valence-electron chi connectivity index (χ3n) is 3.29. The minimum absolute atomic E-state index is 0.104. The maximum absolute atomic E-state index is 13.5. The monoisotopic (exact) mass is 326 g/mol. The minimum Gasteiger partial charge on any atom is -0.338 e. The van der Waals surface area contributed by atoms with Gasteiger partial charge >= 0.3 is 0 Å². The van der Waals surface area contributed by atoms with Crippen molar-refractivity contribution in [3.8, 4) is 0 Å². The highest BCUT2D eigenvalue weighted by atomic mass is 79.9. The predicted octanol–water partition coefficient (Wildman–Crippen LogP) is 2.42. The number of amides is 1. The molecule has 1 aliphatic rings. The summed E-state index contributed by atoms with van der Waals surface area (Å²) in [5.41, 5.74) is 0.403. The van der Waals surface area contributed by atoms with Crippen LogP contribution < -0.4 is 5.32 Å². The summed E-state index contributed by atoms with van der Waals surface area (Å²) in [6.45, 7) is 1.76. The molecule has 1 N–H and O–H groups in total. The molecule has 0 aliphatic carbocycles. The zero-order valence-corrected chi connectivity index (χ0v) is 12.3. The van der Waals surface area contributed by atoms with Gasteiger partial charge in [-0.25, -0.2) is 4.39 Å². The third-order valence-corrected chi connectivity index (χ3v) is 3.79. The summed E-state index contributed by atoms with van der Waals surface area (Å²) in [4.78, 5) is 13.7. The smallest absolute Gasteiger partial charge is 0.246 e. The van der Waals surface area contributed by atoms with Crippen LogP contribution in [0.5, 0.6) is 0 Å². The van der Waals surface area contributed by atoms with E-state index in [-0.39, 0.29) is 17.8 Å². The number of rotatable bonds is 3. The molecule has 102 valence electrons. The lowest BCUT2D eigenvalue weighted by Gasteiger charge is -2.22. The number of nitrogens with one attached hydrogen (secondary N) is 1. The normalized spacial score (nSPS) is 19.0. The van der Waals surface area contributed by atoms with E-state index >= 15 is 0 Å². The molecule has 1 fully saturated rings. The number of halogens is 2. The Kier molecular flexibility index (Phi) is 4.71. The standard InChI is InChI=1S/C14H16BrFN2O/c1-18(12-6-7-17-9-12)14(19)5-2-10-8-11(15)3-4-13(10)16/h2-5,8,12,17H,6-7,9H2,1H3/b5-2+. The number of carbonyl (C=O) groups excluding carboxylic acids is 1. The molecular formula is C14H16BrFN2O. The zero-order valence-electron chi connectivity index (χ0n) is 10.7. The molecule has 0 spiro atoms. The maximum atomic E-state index is 13.5. The van der Waals surface area contributed by atoms with Gasteiger partial charge in [-0.1, -0.05) is 15.9 Å². The molecule has 0 radical (unpaired) electrons. The predicted molar refractivity (Wildman–Crippen MR) is 77.2 cm³/mol. The van der Waals surface area contributed by atoms with Crippen molar-refractivity contribution < 1.29 is 9.18 Å². The Balaban J connectivity index is 2.04. The molecule has 1 amide bonds. The molecule has 2 rings (SSSR count). The third kappa shape index (κ3) is 3.64. The summed E-state index contributed by atoms with van der Waals surface area (Å²) in [7, 11) is 1.78. The Labute approximate surface area is 120 Å². The molecule has 1 unspecified atom stereocenters. The van der Waals surface area contributed by atoms with Crippen molar-refractivity contribution >= 4 is 27.9 Å². The number of likely N-dealkylation sites (N-methyl/N-ethyl adjacent to an activating group) is 1. The summed E-state index contributed by atoms with van der Waals surface area (Å²) in [5.74, 6) is -0.439. The molecule has 1 atom stereocenters. The van der Waals surface area contributed by atoms with Gasteiger partial charge in [-0.15, -0.1) is 0 Å². The van der Waals surface area contributed by atoms with Gasteiger partial charge in [-0.05, 0) is 37.2 Å². The van der Waals surface area contributed by atoms with E-state index in [4.69, 9.17) is 0 Å². The topological polar surface area (TPSA) is 32.3 Å². The second-order valence-corrected chi connectivity index (χ2v) is 5.51. The fraction of sp³-hybridized carbons (Fsp3) is 0.357. The van der Waals surface area contributed by atoms with Crippen LogP contribution in [0.25, 0.3) is 6.08 Å². The molecule has 0 saturated carbocycles. The molecule has 1 saturated heterocycles. The first-order chi connectivity index (χ1) is 9.08. The Morgan fingerprint density at radius 3 is 3.05 bits per heavy atom. The van der Waals surface area contributed by atoms with E-state index in [1.54, 1.807) is 24.1 Å². The molecule has 1 aliphatic heterocycles. The van der Waals surface area contributed by atoms with Gasteiger partial charge in [0.25, 0.3) is 0 Å². The summed E-state index contributed by atoms with van der Waals surface area (Å²) < 4.78 is 14.3. The fourth-order valence-corrected chi connectivity index (χ4v) is 2.45. The van der Waals surface area contributed by atoms with Crippen molar-refractivity contribution in [3.05, 3.63) is 40.1 Å². The van der Waals surface area contributed by atoms with Crippen LogP contribution in [0.4, 0.5) is 4.39 Å². The van der Waals surface area contributed by atoms with Gasteiger partial charge in [0.15, 0.2) is 0 Å². The van der Waals surface area contributed by atoms with Crippen LogP contribution in [-0.2, 0) is 4.79 Å². The van der Waals surface area contributed by atoms with Crippen molar-refractivity contribution in [1.29, 1.82) is 0 Å². The van der Waals surface area contributed by atoms with Crippen LogP contribution in [0.1, 0.15) is 12.0 Å². The summed E-state index contributed by atoms with van der Waals surface area (Å²) in [6.07, 6.45) is 3.89. The molecule has 1 aromatic rings. The number of carbonyl (C=O) groups is 1. The van der Waals surface area contributed by atoms with E-state index in [2.05, 4.69) is 21.2 Å². The van der Waals surface area contributed by atoms with E-state index < -0.39 is 0 Å². The van der Waals surface area contributed by atoms with Gasteiger partial charge in [0.1, 0.15) is 5.82 Å². The van der Waals surface area contributed by atoms with Gasteiger partial charge in [0.05, 0.1) is 0 Å². The second-order valence-electron chi connectivity index (χ2n) is 4.59. The van der Waals surface area contributed by atoms with Crippen LogP contribution in [0.15, 0.2) is 28.7 Å². The zero-order chi connectivity index (χ0) is 13.8. The van der Waals surface area contributed by atoms with Gasteiger partial charge in [0.2, 0.25) is 5.91 Å². The van der Waals surface area contributed by atoms with Crippen LogP contribution in [0.3, 0.4) is 0 Å². The van der Waals surface area contributed by atoms with Crippen molar-refractivity contribution in [3.63, 3.8) is 0 Å². The number of hydrogen-bond donors (Lipinski definition) is 1. The number of nitrogens with zero attached hydrogens (tertiary/aromatic N) is 1. The van der Waals surface area contributed by atoms with Crippen molar-refractivity contribution in [1.82, 2.24) is 10.2 Å². The van der Waals surface area contributed by atoms with E-state index in [9.17, 15) is 9.18 Å². The molecule has 3 nitrogen and oxygen atoms in total. The Hall–Kier alpha value is -1.20. The Morgan fingerprint density at radius 2 is 2.37 bits per heavy atom. The molecule has 19 heavy (non-hydrogen) atoms. The Morgan fingerprint density at radius 1 is 1.58 bits per heavy atom. The van der Waals surface area contributed by atoms with Crippen LogP contribution in [-0.4, -0.2) is 37.0 Å². The van der Waals surface area contributed by atoms with Gasteiger partial charge in [-0.3, -0.25) is 4.79 Å². The van der Waals surface area contributed by atoms with E-state index in [1.165, 1.54) is 18.2 Å². The SMILES string of the molecule is CN(C(=O)/C=C/c1cc(Br)ccc1F)C1CCNC1. The largest absolute Gasteiger partial charge is 0.338 e. The highest BCUT2D eigenvalue weighted by molar-refractivity contribution is 9.10. The highest BCUT2D eigenvalue weighted by Crippen LogP contribution is 2.17. The van der Waals surface area contributed by atoms with Crippen molar-refractivity contribution in [2.45, 2.75) is 12.5 Å². The highest BCUT2D eigenvalue weighted by Gasteiger charge is 2.21. The molecule has 5 heteroatoms. The average Bonchev–Trinajstić information content (AvgIpc) is 2.92. The summed E-state index contributed by atoms with van der Waals surface area (Å²) in [6, 6.07) is 4.88. The number of benzene rings is 1. The van der Waals surface area contributed by atoms with Crippen molar-refractivity contribution in [2.24, 2.45) is 0 Å². The molecule has 1 aromatic carbocycles. The van der Waals surface area contributed by atoms with Crippen LogP contribution in [0, 0.1) is 5.82 Å². The lowest BCUT2D eigenvalue weighted by molar-refractivity contribution is -0.126. The molecule has 1 heterocycles. The second kappa shape index (κ2) is 6.30. The van der Waals surface area contributed by atoms with E-state index in [1.807, 2.05) is 0 Å². The van der Waals surface area contributed by atoms with Gasteiger partial charge in [-0.2, -0.15) is 0 Å². The van der Waals surface area contributed by atoms with E-state index in [0.29, 0.717) is 5.56 Å². The summed E-state index contributed by atoms with van der Waals surface area (Å²) >= 11 is 3.28. The minimum atomic E-state index is -0.336. The van der Waals surface area contributed by atoms with Crippen molar-refractivity contribution in [2.75, 3.05) is 20.1 Å². The lowest BCUT2D eigenvalue weighted by atomic mass is 10.2. The quantitative estimate of drug-likeness (QED) is 0.865.